The molecule has 1 saturated carbocycles. The maximum atomic E-state index is 10.8. The van der Waals surface area contributed by atoms with E-state index in [9.17, 15) is 10.0 Å². The van der Waals surface area contributed by atoms with Crippen molar-refractivity contribution in [3.8, 4) is 11.5 Å². The molecule has 1 aliphatic rings. The number of ether oxygens (including phenoxy) is 2. The van der Waals surface area contributed by atoms with E-state index in [1.54, 1.807) is 0 Å². The van der Waals surface area contributed by atoms with E-state index in [-0.39, 0.29) is 12.5 Å². The monoisotopic (exact) mass is 294 g/mol. The van der Waals surface area contributed by atoms with Crippen LogP contribution in [0.4, 0.5) is 4.79 Å². The van der Waals surface area contributed by atoms with Gasteiger partial charge in [0, 0.05) is 0 Å². The molecule has 1 aliphatic carbocycles. The maximum absolute atomic E-state index is 10.8. The fourth-order valence-electron chi connectivity index (χ4n) is 2.47. The summed E-state index contributed by atoms with van der Waals surface area (Å²) in [4.78, 5) is 10.8. The van der Waals surface area contributed by atoms with Gasteiger partial charge in [-0.2, -0.15) is 0 Å². The molecule has 21 heavy (non-hydrogen) atoms. The van der Waals surface area contributed by atoms with Crippen molar-refractivity contribution in [2.24, 2.45) is 11.7 Å². The Labute approximate surface area is 124 Å². The van der Waals surface area contributed by atoms with E-state index in [0.29, 0.717) is 24.2 Å². The van der Waals surface area contributed by atoms with Crippen molar-refractivity contribution >= 4 is 6.03 Å². The summed E-state index contributed by atoms with van der Waals surface area (Å²) in [7, 11) is 0. The van der Waals surface area contributed by atoms with Gasteiger partial charge in [-0.3, -0.25) is 5.21 Å². The number of amides is 2. The van der Waals surface area contributed by atoms with Crippen LogP contribution in [0.5, 0.6) is 11.5 Å². The van der Waals surface area contributed by atoms with E-state index in [1.165, 1.54) is 0 Å². The topological polar surface area (TPSA) is 85.0 Å². The van der Waals surface area contributed by atoms with Crippen LogP contribution in [0.25, 0.3) is 0 Å². The van der Waals surface area contributed by atoms with Gasteiger partial charge in [-0.25, -0.2) is 9.86 Å². The summed E-state index contributed by atoms with van der Waals surface area (Å²) in [5.41, 5.74) is 6.14. The molecule has 2 amide bonds. The smallest absolute Gasteiger partial charge is 0.338 e. The molecule has 2 rings (SSSR count). The summed E-state index contributed by atoms with van der Waals surface area (Å²) < 4.78 is 11.1. The van der Waals surface area contributed by atoms with E-state index in [0.717, 1.165) is 23.5 Å². The van der Waals surface area contributed by atoms with E-state index >= 15 is 0 Å². The van der Waals surface area contributed by atoms with Gasteiger partial charge in [0.15, 0.2) is 11.5 Å². The first-order valence-corrected chi connectivity index (χ1v) is 7.22. The Balaban J connectivity index is 2.04. The predicted molar refractivity (Wildman–Crippen MR) is 77.7 cm³/mol. The number of carbonyl (C=O) groups excluding carboxylic acids is 1. The molecule has 0 bridgehead atoms. The van der Waals surface area contributed by atoms with Crippen molar-refractivity contribution in [1.82, 2.24) is 5.06 Å². The van der Waals surface area contributed by atoms with Gasteiger partial charge in [0.1, 0.15) is 0 Å². The fourth-order valence-corrected chi connectivity index (χ4v) is 2.47. The Hall–Kier alpha value is -1.95. The highest BCUT2D eigenvalue weighted by atomic mass is 16.5. The molecule has 0 aliphatic heterocycles. The Bertz CT molecular complexity index is 506. The third-order valence-electron chi connectivity index (χ3n) is 3.58. The van der Waals surface area contributed by atoms with Gasteiger partial charge in [0.25, 0.3) is 0 Å². The number of nitrogens with zero attached hydrogens (tertiary/aromatic N) is 1. The van der Waals surface area contributed by atoms with Gasteiger partial charge >= 0.3 is 6.03 Å². The van der Waals surface area contributed by atoms with Crippen molar-refractivity contribution in [2.75, 3.05) is 19.8 Å². The lowest BCUT2D eigenvalue weighted by molar-refractivity contribution is -0.0431. The summed E-state index contributed by atoms with van der Waals surface area (Å²) in [5, 5.41) is 9.94. The SMILES string of the molecule is CCOc1ccc([C@@H]2C[C@H]2CN(O)C(N)=O)cc1OCC. The number of primary amides is 1. The summed E-state index contributed by atoms with van der Waals surface area (Å²) in [6.45, 7) is 5.28. The number of hydrogen-bond acceptors (Lipinski definition) is 4. The maximum Gasteiger partial charge on any atom is 0.338 e. The number of hydrogen-bond donors (Lipinski definition) is 2. The second-order valence-corrected chi connectivity index (χ2v) is 5.09. The quantitative estimate of drug-likeness (QED) is 0.597. The van der Waals surface area contributed by atoms with E-state index in [2.05, 4.69) is 0 Å². The van der Waals surface area contributed by atoms with Crippen molar-refractivity contribution in [1.29, 1.82) is 0 Å². The van der Waals surface area contributed by atoms with Gasteiger partial charge in [0.05, 0.1) is 19.8 Å². The predicted octanol–water partition coefficient (Wildman–Crippen LogP) is 2.36. The van der Waals surface area contributed by atoms with Crippen molar-refractivity contribution in [3.63, 3.8) is 0 Å². The number of rotatable bonds is 7. The lowest BCUT2D eigenvalue weighted by atomic mass is 10.1. The molecular weight excluding hydrogens is 272 g/mol. The lowest BCUT2D eigenvalue weighted by Gasteiger charge is -2.13. The molecule has 2 atom stereocenters. The lowest BCUT2D eigenvalue weighted by Crippen LogP contribution is -2.34. The van der Waals surface area contributed by atoms with Gasteiger partial charge in [-0.15, -0.1) is 0 Å². The minimum absolute atomic E-state index is 0.231. The third kappa shape index (κ3) is 3.78. The van der Waals surface area contributed by atoms with Crippen LogP contribution in [0.1, 0.15) is 31.7 Å². The Morgan fingerprint density at radius 2 is 2.00 bits per heavy atom. The number of carbonyl (C=O) groups is 1. The van der Waals surface area contributed by atoms with Crippen molar-refractivity contribution in [2.45, 2.75) is 26.2 Å². The van der Waals surface area contributed by atoms with Crippen LogP contribution in [0.2, 0.25) is 0 Å². The van der Waals surface area contributed by atoms with E-state index < -0.39 is 6.03 Å². The zero-order chi connectivity index (χ0) is 15.4. The standard InChI is InChI=1S/C15H22N2O4/c1-3-20-13-6-5-10(8-14(13)21-4-2)12-7-11(12)9-17(19)15(16)18/h5-6,8,11-12,19H,3-4,7,9H2,1-2H3,(H2,16,18)/t11-,12-/m0/s1. The summed E-state index contributed by atoms with van der Waals surface area (Å²) in [5.74, 6) is 2.02. The molecule has 6 heteroatoms. The Kier molecular flexibility index (Phi) is 4.90. The van der Waals surface area contributed by atoms with Crippen LogP contribution in [-0.2, 0) is 0 Å². The number of nitrogens with two attached hydrogens (primary N) is 1. The summed E-state index contributed by atoms with van der Waals surface area (Å²) in [6, 6.07) is 5.07. The summed E-state index contributed by atoms with van der Waals surface area (Å²) >= 11 is 0. The number of urea groups is 1. The highest BCUT2D eigenvalue weighted by molar-refractivity contribution is 5.70. The molecule has 0 radical (unpaired) electrons. The number of benzene rings is 1. The molecule has 3 N–H and O–H groups in total. The van der Waals surface area contributed by atoms with E-state index in [4.69, 9.17) is 15.2 Å². The van der Waals surface area contributed by atoms with Crippen LogP contribution in [-0.4, -0.2) is 36.1 Å². The molecule has 1 aromatic rings. The first kappa shape index (κ1) is 15.4. The third-order valence-corrected chi connectivity index (χ3v) is 3.58. The Morgan fingerprint density at radius 3 is 2.62 bits per heavy atom. The molecule has 1 aromatic carbocycles. The minimum atomic E-state index is -0.817. The van der Waals surface area contributed by atoms with Gasteiger partial charge in [0.2, 0.25) is 0 Å². The molecule has 0 spiro atoms. The van der Waals surface area contributed by atoms with Gasteiger partial charge in [-0.05, 0) is 49.8 Å². The van der Waals surface area contributed by atoms with Crippen LogP contribution in [0.3, 0.4) is 0 Å². The summed E-state index contributed by atoms with van der Waals surface area (Å²) in [6.07, 6.45) is 0.921. The molecule has 116 valence electrons. The molecule has 0 heterocycles. The molecule has 0 unspecified atom stereocenters. The fraction of sp³-hybridized carbons (Fsp3) is 0.533. The number of hydroxylamine groups is 2. The van der Waals surface area contributed by atoms with Crippen LogP contribution < -0.4 is 15.2 Å². The van der Waals surface area contributed by atoms with Gasteiger partial charge in [-0.1, -0.05) is 6.07 Å². The van der Waals surface area contributed by atoms with Crippen molar-refractivity contribution < 1.29 is 19.5 Å². The molecular formula is C15H22N2O4. The average molecular weight is 294 g/mol. The average Bonchev–Trinajstić information content (AvgIpc) is 3.20. The van der Waals surface area contributed by atoms with E-state index in [1.807, 2.05) is 32.0 Å². The largest absolute Gasteiger partial charge is 0.490 e. The zero-order valence-corrected chi connectivity index (χ0v) is 12.4. The first-order valence-electron chi connectivity index (χ1n) is 7.22. The van der Waals surface area contributed by atoms with Crippen LogP contribution >= 0.6 is 0 Å². The highest BCUT2D eigenvalue weighted by Gasteiger charge is 2.40. The molecule has 0 saturated heterocycles. The zero-order valence-electron chi connectivity index (χ0n) is 12.4. The molecule has 6 nitrogen and oxygen atoms in total. The minimum Gasteiger partial charge on any atom is -0.490 e. The molecule has 0 aromatic heterocycles. The highest BCUT2D eigenvalue weighted by Crippen LogP contribution is 2.49. The van der Waals surface area contributed by atoms with Crippen LogP contribution in [0, 0.1) is 5.92 Å². The first-order chi connectivity index (χ1) is 10.1. The Morgan fingerprint density at radius 1 is 1.33 bits per heavy atom. The second kappa shape index (κ2) is 6.67. The van der Waals surface area contributed by atoms with Crippen LogP contribution in [0.15, 0.2) is 18.2 Å². The molecule has 1 fully saturated rings. The van der Waals surface area contributed by atoms with Crippen molar-refractivity contribution in [3.05, 3.63) is 23.8 Å². The second-order valence-electron chi connectivity index (χ2n) is 5.09. The van der Waals surface area contributed by atoms with Gasteiger partial charge < -0.3 is 15.2 Å². The normalized spacial score (nSPS) is 20.0.